The second-order valence-electron chi connectivity index (χ2n) is 4.32. The van der Waals surface area contributed by atoms with E-state index in [-0.39, 0.29) is 24.1 Å². The average molecular weight is 265 g/mol. The molecule has 0 bridgehead atoms. The van der Waals surface area contributed by atoms with Crippen LogP contribution in [0.5, 0.6) is 5.75 Å². The van der Waals surface area contributed by atoms with Crippen LogP contribution in [0.4, 0.5) is 4.79 Å². The van der Waals surface area contributed by atoms with Gasteiger partial charge in [-0.05, 0) is 17.7 Å². The fourth-order valence-corrected chi connectivity index (χ4v) is 1.44. The van der Waals surface area contributed by atoms with Crippen LogP contribution in [0.3, 0.4) is 0 Å². The van der Waals surface area contributed by atoms with Crippen molar-refractivity contribution >= 4 is 11.9 Å². The molecule has 0 radical (unpaired) electrons. The van der Waals surface area contributed by atoms with Crippen LogP contribution in [0, 0.1) is 0 Å². The summed E-state index contributed by atoms with van der Waals surface area (Å²) in [4.78, 5) is 24.2. The fraction of sp³-hybridized carbons (Fsp3) is 0.385. The Bertz CT molecular complexity index is 447. The molecule has 0 saturated heterocycles. The molecule has 6 nitrogen and oxygen atoms in total. The largest absolute Gasteiger partial charge is 0.508 e. The Balaban J connectivity index is 2.23. The molecule has 6 heteroatoms. The number of phenols is 1. The SMILES string of the molecule is CN(C)C(=O)NCCNC(=O)Cc1cccc(O)c1. The molecule has 0 fully saturated rings. The summed E-state index contributed by atoms with van der Waals surface area (Å²) in [6.07, 6.45) is 0.204. The lowest BCUT2D eigenvalue weighted by Gasteiger charge is -2.12. The van der Waals surface area contributed by atoms with Crippen molar-refractivity contribution in [1.82, 2.24) is 15.5 Å². The van der Waals surface area contributed by atoms with Crippen LogP contribution in [0.25, 0.3) is 0 Å². The highest BCUT2D eigenvalue weighted by molar-refractivity contribution is 5.78. The van der Waals surface area contributed by atoms with Gasteiger partial charge in [0, 0.05) is 27.2 Å². The maximum Gasteiger partial charge on any atom is 0.316 e. The normalized spacial score (nSPS) is 9.79. The fourth-order valence-electron chi connectivity index (χ4n) is 1.44. The molecule has 0 aromatic heterocycles. The smallest absolute Gasteiger partial charge is 0.316 e. The Morgan fingerprint density at radius 2 is 1.89 bits per heavy atom. The van der Waals surface area contributed by atoms with Crippen LogP contribution in [0.1, 0.15) is 5.56 Å². The Labute approximate surface area is 112 Å². The van der Waals surface area contributed by atoms with E-state index in [4.69, 9.17) is 0 Å². The van der Waals surface area contributed by atoms with Gasteiger partial charge in [0.05, 0.1) is 6.42 Å². The molecule has 0 heterocycles. The van der Waals surface area contributed by atoms with Gasteiger partial charge in [-0.1, -0.05) is 12.1 Å². The highest BCUT2D eigenvalue weighted by atomic mass is 16.3. The molecule has 3 N–H and O–H groups in total. The van der Waals surface area contributed by atoms with Crippen molar-refractivity contribution in [3.05, 3.63) is 29.8 Å². The van der Waals surface area contributed by atoms with Gasteiger partial charge in [-0.15, -0.1) is 0 Å². The number of carbonyl (C=O) groups excluding carboxylic acids is 2. The van der Waals surface area contributed by atoms with E-state index in [2.05, 4.69) is 10.6 Å². The molecule has 1 rings (SSSR count). The molecule has 0 unspecified atom stereocenters. The second-order valence-corrected chi connectivity index (χ2v) is 4.32. The third-order valence-corrected chi connectivity index (χ3v) is 2.40. The summed E-state index contributed by atoms with van der Waals surface area (Å²) in [6, 6.07) is 6.37. The highest BCUT2D eigenvalue weighted by Crippen LogP contribution is 2.10. The van der Waals surface area contributed by atoms with Crippen LogP contribution >= 0.6 is 0 Å². The van der Waals surface area contributed by atoms with Gasteiger partial charge < -0.3 is 20.6 Å². The Kier molecular flexibility index (Phi) is 5.66. The van der Waals surface area contributed by atoms with Crippen LogP contribution in [-0.4, -0.2) is 49.1 Å². The van der Waals surface area contributed by atoms with Crippen molar-refractivity contribution < 1.29 is 14.7 Å². The molecule has 19 heavy (non-hydrogen) atoms. The van der Waals surface area contributed by atoms with Gasteiger partial charge in [-0.3, -0.25) is 4.79 Å². The number of hydrogen-bond donors (Lipinski definition) is 3. The van der Waals surface area contributed by atoms with Gasteiger partial charge in [0.2, 0.25) is 5.91 Å². The van der Waals surface area contributed by atoms with Gasteiger partial charge in [0.15, 0.2) is 0 Å². The third kappa shape index (κ3) is 5.76. The van der Waals surface area contributed by atoms with Crippen molar-refractivity contribution in [2.45, 2.75) is 6.42 Å². The predicted octanol–water partition coefficient (Wildman–Crippen LogP) is 0.322. The average Bonchev–Trinajstić information content (AvgIpc) is 2.34. The lowest BCUT2D eigenvalue weighted by molar-refractivity contribution is -0.120. The van der Waals surface area contributed by atoms with E-state index in [1.54, 1.807) is 38.4 Å². The van der Waals surface area contributed by atoms with Gasteiger partial charge in [0.1, 0.15) is 5.75 Å². The van der Waals surface area contributed by atoms with Crippen LogP contribution in [-0.2, 0) is 11.2 Å². The van der Waals surface area contributed by atoms with Gasteiger partial charge in [0.25, 0.3) is 0 Å². The Morgan fingerprint density at radius 3 is 2.53 bits per heavy atom. The minimum Gasteiger partial charge on any atom is -0.508 e. The molecular weight excluding hydrogens is 246 g/mol. The minimum atomic E-state index is -0.192. The maximum atomic E-state index is 11.6. The number of aromatic hydroxyl groups is 1. The van der Waals surface area contributed by atoms with Crippen LogP contribution < -0.4 is 10.6 Å². The molecule has 0 saturated carbocycles. The van der Waals surface area contributed by atoms with E-state index in [0.29, 0.717) is 13.1 Å². The Hall–Kier alpha value is -2.24. The maximum absolute atomic E-state index is 11.6. The molecule has 0 aliphatic heterocycles. The van der Waals surface area contributed by atoms with Gasteiger partial charge >= 0.3 is 6.03 Å². The number of hydrogen-bond acceptors (Lipinski definition) is 3. The molecule has 0 aliphatic rings. The van der Waals surface area contributed by atoms with E-state index in [0.717, 1.165) is 5.56 Å². The standard InChI is InChI=1S/C13H19N3O3/c1-16(2)13(19)15-7-6-14-12(18)9-10-4-3-5-11(17)8-10/h3-5,8,17H,6-7,9H2,1-2H3,(H,14,18)(H,15,19). The molecular formula is C13H19N3O3. The van der Waals surface area contributed by atoms with Crippen molar-refractivity contribution in [3.63, 3.8) is 0 Å². The van der Waals surface area contributed by atoms with E-state index >= 15 is 0 Å². The summed E-state index contributed by atoms with van der Waals surface area (Å²) in [5, 5.41) is 14.6. The number of benzene rings is 1. The Morgan fingerprint density at radius 1 is 1.21 bits per heavy atom. The number of carbonyl (C=O) groups is 2. The number of nitrogens with zero attached hydrogens (tertiary/aromatic N) is 1. The first kappa shape index (κ1) is 14.8. The molecule has 104 valence electrons. The molecule has 1 aromatic carbocycles. The summed E-state index contributed by atoms with van der Waals surface area (Å²) in [5.74, 6) is -0.00625. The number of nitrogens with one attached hydrogen (secondary N) is 2. The van der Waals surface area contributed by atoms with Crippen molar-refractivity contribution in [3.8, 4) is 5.75 Å². The number of amides is 3. The van der Waals surface area contributed by atoms with Crippen molar-refractivity contribution in [2.24, 2.45) is 0 Å². The first-order valence-corrected chi connectivity index (χ1v) is 5.99. The quantitative estimate of drug-likeness (QED) is 0.671. The highest BCUT2D eigenvalue weighted by Gasteiger charge is 2.04. The van der Waals surface area contributed by atoms with Crippen molar-refractivity contribution in [1.29, 1.82) is 0 Å². The topological polar surface area (TPSA) is 81.7 Å². The lowest BCUT2D eigenvalue weighted by atomic mass is 10.1. The minimum absolute atomic E-state index is 0.142. The molecule has 1 aromatic rings. The van der Waals surface area contributed by atoms with E-state index in [1.165, 1.54) is 4.90 Å². The lowest BCUT2D eigenvalue weighted by Crippen LogP contribution is -2.39. The molecule has 0 spiro atoms. The zero-order valence-corrected chi connectivity index (χ0v) is 11.1. The zero-order chi connectivity index (χ0) is 14.3. The first-order valence-electron chi connectivity index (χ1n) is 5.99. The van der Waals surface area contributed by atoms with E-state index in [1.807, 2.05) is 0 Å². The molecule has 0 aliphatic carbocycles. The summed E-state index contributed by atoms with van der Waals surface area (Å²) >= 11 is 0. The number of rotatable bonds is 5. The summed E-state index contributed by atoms with van der Waals surface area (Å²) in [7, 11) is 3.30. The second kappa shape index (κ2) is 7.25. The first-order chi connectivity index (χ1) is 8.99. The van der Waals surface area contributed by atoms with Gasteiger partial charge in [-0.2, -0.15) is 0 Å². The van der Waals surface area contributed by atoms with Crippen LogP contribution in [0.15, 0.2) is 24.3 Å². The summed E-state index contributed by atoms with van der Waals surface area (Å²) < 4.78 is 0. The predicted molar refractivity (Wildman–Crippen MR) is 71.9 cm³/mol. The molecule has 3 amide bonds. The number of phenolic OH excluding ortho intramolecular Hbond substituents is 1. The van der Waals surface area contributed by atoms with Crippen LogP contribution in [0.2, 0.25) is 0 Å². The van der Waals surface area contributed by atoms with Gasteiger partial charge in [-0.25, -0.2) is 4.79 Å². The summed E-state index contributed by atoms with van der Waals surface area (Å²) in [6.45, 7) is 0.750. The monoisotopic (exact) mass is 265 g/mol. The third-order valence-electron chi connectivity index (χ3n) is 2.40. The molecule has 0 atom stereocenters. The zero-order valence-electron chi connectivity index (χ0n) is 11.1. The van der Waals surface area contributed by atoms with E-state index < -0.39 is 0 Å². The van der Waals surface area contributed by atoms with E-state index in [9.17, 15) is 14.7 Å². The van der Waals surface area contributed by atoms with Crippen molar-refractivity contribution in [2.75, 3.05) is 27.2 Å². The number of urea groups is 1. The summed E-state index contributed by atoms with van der Waals surface area (Å²) in [5.41, 5.74) is 0.745.